The molecule has 0 radical (unpaired) electrons. The molecule has 0 aliphatic heterocycles. The third-order valence-electron chi connectivity index (χ3n) is 2.51. The van der Waals surface area contributed by atoms with E-state index in [-0.39, 0.29) is 22.2 Å². The molecular formula is C10H14N4O4S. The first-order valence-electron chi connectivity index (χ1n) is 5.63. The first kappa shape index (κ1) is 13.5. The van der Waals surface area contributed by atoms with Gasteiger partial charge >= 0.3 is 5.69 Å². The average Bonchev–Trinajstić information content (AvgIpc) is 2.68. The molecule has 0 amide bonds. The highest BCUT2D eigenvalue weighted by molar-refractivity contribution is 7.90. The number of nitrogens with zero attached hydrogens (tertiary/aromatic N) is 2. The van der Waals surface area contributed by atoms with E-state index in [1.807, 2.05) is 13.8 Å². The van der Waals surface area contributed by atoms with Crippen molar-refractivity contribution in [1.82, 2.24) is 19.5 Å². The van der Waals surface area contributed by atoms with Crippen LogP contribution in [0.25, 0.3) is 11.2 Å². The third-order valence-corrected chi connectivity index (χ3v) is 3.41. The van der Waals surface area contributed by atoms with E-state index in [9.17, 15) is 18.0 Å². The van der Waals surface area contributed by atoms with Crippen LogP contribution in [0.1, 0.15) is 13.8 Å². The van der Waals surface area contributed by atoms with Crippen LogP contribution in [-0.4, -0.2) is 34.2 Å². The Hall–Kier alpha value is -1.90. The first-order valence-corrected chi connectivity index (χ1v) is 7.52. The monoisotopic (exact) mass is 286 g/mol. The number of imidazole rings is 1. The Bertz CT molecular complexity index is 841. The van der Waals surface area contributed by atoms with Crippen LogP contribution < -0.4 is 11.2 Å². The molecule has 0 fully saturated rings. The number of hydrogen-bond acceptors (Lipinski definition) is 5. The van der Waals surface area contributed by atoms with Gasteiger partial charge in [0.25, 0.3) is 5.56 Å². The average molecular weight is 286 g/mol. The molecule has 2 rings (SSSR count). The minimum Gasteiger partial charge on any atom is -0.323 e. The van der Waals surface area contributed by atoms with Crippen molar-refractivity contribution in [3.05, 3.63) is 20.8 Å². The van der Waals surface area contributed by atoms with Crippen molar-refractivity contribution in [2.75, 3.05) is 6.26 Å². The molecule has 9 heteroatoms. The number of aromatic nitrogens is 4. The zero-order valence-electron chi connectivity index (χ0n) is 10.7. The number of fused-ring (bicyclic) bond motifs is 1. The Balaban J connectivity index is 2.86. The summed E-state index contributed by atoms with van der Waals surface area (Å²) in [5.41, 5.74) is -1.23. The normalized spacial score (nSPS) is 12.4. The van der Waals surface area contributed by atoms with Crippen LogP contribution in [-0.2, 0) is 16.4 Å². The van der Waals surface area contributed by atoms with Crippen LogP contribution in [0.3, 0.4) is 0 Å². The van der Waals surface area contributed by atoms with Crippen LogP contribution in [0.4, 0.5) is 0 Å². The second kappa shape index (κ2) is 4.34. The number of hydrogen-bond donors (Lipinski definition) is 2. The molecule has 2 N–H and O–H groups in total. The van der Waals surface area contributed by atoms with Gasteiger partial charge in [-0.15, -0.1) is 0 Å². The van der Waals surface area contributed by atoms with Gasteiger partial charge in [-0.25, -0.2) is 13.2 Å². The summed E-state index contributed by atoms with van der Waals surface area (Å²) in [5.74, 6) is 0.144. The lowest BCUT2D eigenvalue weighted by Crippen LogP contribution is -2.31. The summed E-state index contributed by atoms with van der Waals surface area (Å²) in [6.07, 6.45) is 0.976. The Morgan fingerprint density at radius 3 is 2.42 bits per heavy atom. The quantitative estimate of drug-likeness (QED) is 0.786. The van der Waals surface area contributed by atoms with Crippen LogP contribution in [0.2, 0.25) is 0 Å². The maximum atomic E-state index is 11.8. The summed E-state index contributed by atoms with van der Waals surface area (Å²) in [7, 11) is -3.57. The SMILES string of the molecule is CC(C)Cn1c(=O)[nH]c(=O)c2[nH]c(S(C)(=O)=O)nc21. The maximum absolute atomic E-state index is 11.8. The second-order valence-electron chi connectivity index (χ2n) is 4.78. The summed E-state index contributed by atoms with van der Waals surface area (Å²) < 4.78 is 24.1. The fraction of sp³-hybridized carbons (Fsp3) is 0.500. The van der Waals surface area contributed by atoms with E-state index in [4.69, 9.17) is 0 Å². The molecule has 0 aromatic carbocycles. The van der Waals surface area contributed by atoms with E-state index in [2.05, 4.69) is 15.0 Å². The molecule has 0 bridgehead atoms. The maximum Gasteiger partial charge on any atom is 0.330 e. The highest BCUT2D eigenvalue weighted by Gasteiger charge is 2.18. The van der Waals surface area contributed by atoms with Crippen LogP contribution in [0, 0.1) is 5.92 Å². The summed E-state index contributed by atoms with van der Waals surface area (Å²) in [6, 6.07) is 0. The molecule has 2 heterocycles. The molecule has 2 aromatic rings. The number of aromatic amines is 2. The van der Waals surface area contributed by atoms with Gasteiger partial charge < -0.3 is 4.98 Å². The lowest BCUT2D eigenvalue weighted by molar-refractivity contribution is 0.513. The van der Waals surface area contributed by atoms with Gasteiger partial charge in [-0.1, -0.05) is 13.8 Å². The van der Waals surface area contributed by atoms with Gasteiger partial charge in [0, 0.05) is 12.8 Å². The Labute approximate surface area is 108 Å². The predicted octanol–water partition coefficient (Wildman–Crippen LogP) is -0.528. The van der Waals surface area contributed by atoms with Crippen molar-refractivity contribution in [3.63, 3.8) is 0 Å². The summed E-state index contributed by atoms with van der Waals surface area (Å²) in [6.45, 7) is 4.13. The van der Waals surface area contributed by atoms with E-state index in [0.29, 0.717) is 6.54 Å². The van der Waals surface area contributed by atoms with Gasteiger partial charge in [0.2, 0.25) is 15.0 Å². The zero-order chi connectivity index (χ0) is 14.4. The highest BCUT2D eigenvalue weighted by atomic mass is 32.2. The van der Waals surface area contributed by atoms with Gasteiger partial charge in [-0.3, -0.25) is 14.3 Å². The number of sulfone groups is 1. The Morgan fingerprint density at radius 2 is 1.89 bits per heavy atom. The fourth-order valence-corrected chi connectivity index (χ4v) is 2.27. The topological polar surface area (TPSA) is 118 Å². The molecule has 0 unspecified atom stereocenters. The number of nitrogens with one attached hydrogen (secondary N) is 2. The van der Waals surface area contributed by atoms with Crippen LogP contribution in [0.5, 0.6) is 0 Å². The largest absolute Gasteiger partial charge is 0.330 e. The molecule has 0 aliphatic rings. The first-order chi connectivity index (χ1) is 8.70. The molecule has 104 valence electrons. The number of rotatable bonds is 3. The fourth-order valence-electron chi connectivity index (χ4n) is 1.73. The van der Waals surface area contributed by atoms with Gasteiger partial charge in [0.05, 0.1) is 0 Å². The molecular weight excluding hydrogens is 272 g/mol. The van der Waals surface area contributed by atoms with Crippen molar-refractivity contribution < 1.29 is 8.42 Å². The predicted molar refractivity (Wildman–Crippen MR) is 68.9 cm³/mol. The molecule has 8 nitrogen and oxygen atoms in total. The lowest BCUT2D eigenvalue weighted by Gasteiger charge is -2.07. The molecule has 0 saturated heterocycles. The Kier molecular flexibility index (Phi) is 3.09. The molecule has 19 heavy (non-hydrogen) atoms. The zero-order valence-corrected chi connectivity index (χ0v) is 11.5. The lowest BCUT2D eigenvalue weighted by atomic mass is 10.2. The molecule has 0 spiro atoms. The van der Waals surface area contributed by atoms with Crippen molar-refractivity contribution >= 4 is 21.0 Å². The minimum atomic E-state index is -3.57. The van der Waals surface area contributed by atoms with Crippen molar-refractivity contribution in [2.24, 2.45) is 5.92 Å². The summed E-state index contributed by atoms with van der Waals surface area (Å²) in [5, 5.41) is -0.323. The van der Waals surface area contributed by atoms with E-state index < -0.39 is 21.1 Å². The highest BCUT2D eigenvalue weighted by Crippen LogP contribution is 2.10. The van der Waals surface area contributed by atoms with E-state index in [1.165, 1.54) is 4.57 Å². The van der Waals surface area contributed by atoms with Gasteiger partial charge in [0.15, 0.2) is 11.2 Å². The number of H-pyrrole nitrogens is 2. The van der Waals surface area contributed by atoms with Crippen LogP contribution >= 0.6 is 0 Å². The van der Waals surface area contributed by atoms with Crippen molar-refractivity contribution in [3.8, 4) is 0 Å². The second-order valence-corrected chi connectivity index (χ2v) is 6.71. The van der Waals surface area contributed by atoms with Crippen molar-refractivity contribution in [2.45, 2.75) is 25.5 Å². The Morgan fingerprint density at radius 1 is 1.26 bits per heavy atom. The summed E-state index contributed by atoms with van der Waals surface area (Å²) >= 11 is 0. The standard InChI is InChI=1S/C10H14N4O4S/c1-5(2)4-14-7-6(8(15)13-10(14)16)11-9(12-7)19(3,17)18/h5H,4H2,1-3H3,(H,11,12)(H,13,15,16). The molecule has 0 saturated carbocycles. The minimum absolute atomic E-state index is 0.0133. The van der Waals surface area contributed by atoms with E-state index in [0.717, 1.165) is 6.26 Å². The van der Waals surface area contributed by atoms with E-state index >= 15 is 0 Å². The van der Waals surface area contributed by atoms with Crippen LogP contribution in [0.15, 0.2) is 14.7 Å². The molecule has 0 aliphatic carbocycles. The smallest absolute Gasteiger partial charge is 0.323 e. The molecule has 0 atom stereocenters. The van der Waals surface area contributed by atoms with Gasteiger partial charge in [-0.05, 0) is 5.92 Å². The van der Waals surface area contributed by atoms with Gasteiger partial charge in [-0.2, -0.15) is 4.98 Å². The van der Waals surface area contributed by atoms with Crippen molar-refractivity contribution in [1.29, 1.82) is 0 Å². The summed E-state index contributed by atoms with van der Waals surface area (Å²) in [4.78, 5) is 31.8. The third kappa shape index (κ3) is 2.46. The van der Waals surface area contributed by atoms with E-state index in [1.54, 1.807) is 0 Å². The van der Waals surface area contributed by atoms with Gasteiger partial charge in [0.1, 0.15) is 0 Å². The molecule has 2 aromatic heterocycles.